The molecule has 0 aliphatic heterocycles. The van der Waals surface area contributed by atoms with E-state index >= 15 is 0 Å². The van der Waals surface area contributed by atoms with Crippen LogP contribution in [0.15, 0.2) is 72.9 Å². The fraction of sp³-hybridized carbons (Fsp3) is 0.0455. The summed E-state index contributed by atoms with van der Waals surface area (Å²) >= 11 is 6.00. The molecule has 0 saturated carbocycles. The molecule has 7 heteroatoms. The van der Waals surface area contributed by atoms with Crippen molar-refractivity contribution < 1.29 is 14.5 Å². The third-order valence-electron chi connectivity index (χ3n) is 4.69. The highest BCUT2D eigenvalue weighted by Gasteiger charge is 2.24. The summed E-state index contributed by atoms with van der Waals surface area (Å²) < 4.78 is 6.82. The molecule has 0 aliphatic rings. The second kappa shape index (κ2) is 7.41. The molecule has 2 heterocycles. The van der Waals surface area contributed by atoms with E-state index < -0.39 is 4.92 Å². The fourth-order valence-electron chi connectivity index (χ4n) is 3.32. The number of pyridine rings is 1. The van der Waals surface area contributed by atoms with E-state index in [9.17, 15) is 14.9 Å². The second-order valence-corrected chi connectivity index (χ2v) is 6.82. The number of nitrogens with zero attached hydrogens (tertiary/aromatic N) is 2. The van der Waals surface area contributed by atoms with E-state index in [0.717, 1.165) is 16.6 Å². The van der Waals surface area contributed by atoms with E-state index in [1.807, 2.05) is 36.4 Å². The quantitative estimate of drug-likeness (QED) is 0.252. The summed E-state index contributed by atoms with van der Waals surface area (Å²) in [5.74, 6) is -0.226. The lowest BCUT2D eigenvalue weighted by Crippen LogP contribution is -2.08. The van der Waals surface area contributed by atoms with Gasteiger partial charge in [-0.2, -0.15) is 0 Å². The van der Waals surface area contributed by atoms with Crippen LogP contribution >= 0.6 is 11.6 Å². The molecule has 0 saturated heterocycles. The van der Waals surface area contributed by atoms with Gasteiger partial charge in [-0.25, -0.2) is 0 Å². The Morgan fingerprint density at radius 2 is 1.83 bits per heavy atom. The van der Waals surface area contributed by atoms with Crippen molar-refractivity contribution in [2.45, 2.75) is 0 Å². The minimum atomic E-state index is -0.564. The van der Waals surface area contributed by atoms with Crippen molar-refractivity contribution in [3.05, 3.63) is 99.3 Å². The first-order chi connectivity index (χ1) is 14.0. The molecule has 0 fully saturated rings. The van der Waals surface area contributed by atoms with Crippen molar-refractivity contribution >= 4 is 28.6 Å². The Kier molecular flexibility index (Phi) is 4.78. The first-order valence-electron chi connectivity index (χ1n) is 8.73. The highest BCUT2D eigenvalue weighted by molar-refractivity contribution is 6.30. The number of methoxy groups -OCH3 is 1. The van der Waals surface area contributed by atoms with Crippen LogP contribution in [0.25, 0.3) is 16.6 Å². The zero-order valence-corrected chi connectivity index (χ0v) is 16.1. The summed E-state index contributed by atoms with van der Waals surface area (Å²) in [7, 11) is 1.35. The Bertz CT molecular complexity index is 1250. The van der Waals surface area contributed by atoms with Crippen LogP contribution in [0.2, 0.25) is 5.02 Å². The van der Waals surface area contributed by atoms with Crippen LogP contribution in [0, 0.1) is 10.1 Å². The maximum Gasteiger partial charge on any atom is 0.311 e. The molecule has 29 heavy (non-hydrogen) atoms. The van der Waals surface area contributed by atoms with Crippen LogP contribution in [-0.4, -0.2) is 22.2 Å². The van der Waals surface area contributed by atoms with E-state index in [1.165, 1.54) is 25.3 Å². The number of benzene rings is 2. The predicted molar refractivity (Wildman–Crippen MR) is 111 cm³/mol. The highest BCUT2D eigenvalue weighted by atomic mass is 35.5. The Labute approximate surface area is 171 Å². The number of aromatic nitrogens is 1. The molecule has 0 bridgehead atoms. The lowest BCUT2D eigenvalue weighted by molar-refractivity contribution is -0.385. The molecule has 0 atom stereocenters. The van der Waals surface area contributed by atoms with Crippen LogP contribution < -0.4 is 4.74 Å². The van der Waals surface area contributed by atoms with Gasteiger partial charge in [0.25, 0.3) is 0 Å². The number of rotatable bonds is 5. The fourth-order valence-corrected chi connectivity index (χ4v) is 3.44. The standard InChI is InChI=1S/C22H15ClN2O4/c1-29-20-10-7-15(12-19(20)25(27)28)22(26)21-18(14-5-8-16(23)9-6-14)13-17-4-2-3-11-24(17)21/h2-13H,1H3. The Morgan fingerprint density at radius 1 is 1.07 bits per heavy atom. The van der Waals surface area contributed by atoms with Crippen molar-refractivity contribution in [1.82, 2.24) is 4.40 Å². The number of fused-ring (bicyclic) bond motifs is 1. The molecular weight excluding hydrogens is 392 g/mol. The number of nitro groups is 1. The van der Waals surface area contributed by atoms with Gasteiger partial charge in [0.15, 0.2) is 5.75 Å². The molecular formula is C22H15ClN2O4. The predicted octanol–water partition coefficient (Wildman–Crippen LogP) is 5.41. The number of hydrogen-bond donors (Lipinski definition) is 0. The molecule has 0 amide bonds. The van der Waals surface area contributed by atoms with Gasteiger partial charge in [-0.15, -0.1) is 0 Å². The maximum atomic E-state index is 13.4. The van der Waals surface area contributed by atoms with Crippen molar-refractivity contribution in [3.63, 3.8) is 0 Å². The molecule has 0 aliphatic carbocycles. The smallest absolute Gasteiger partial charge is 0.311 e. The SMILES string of the molecule is COc1ccc(C(=O)c2c(-c3ccc(Cl)cc3)cc3ccccn23)cc1[N+](=O)[O-]. The molecule has 4 rings (SSSR count). The highest BCUT2D eigenvalue weighted by Crippen LogP contribution is 2.33. The number of nitro benzene ring substituents is 1. The molecule has 0 radical (unpaired) electrons. The normalized spacial score (nSPS) is 10.8. The summed E-state index contributed by atoms with van der Waals surface area (Å²) in [5.41, 5.74) is 2.75. The lowest BCUT2D eigenvalue weighted by Gasteiger charge is -2.08. The number of carbonyl (C=O) groups excluding carboxylic acids is 1. The number of halogens is 1. The topological polar surface area (TPSA) is 73.8 Å². The van der Waals surface area contributed by atoms with E-state index in [2.05, 4.69) is 0 Å². The van der Waals surface area contributed by atoms with Crippen LogP contribution in [0.3, 0.4) is 0 Å². The van der Waals surface area contributed by atoms with E-state index in [0.29, 0.717) is 10.7 Å². The molecule has 0 spiro atoms. The molecule has 6 nitrogen and oxygen atoms in total. The first-order valence-corrected chi connectivity index (χ1v) is 9.10. The number of carbonyl (C=O) groups is 1. The van der Waals surface area contributed by atoms with Gasteiger partial charge in [-0.3, -0.25) is 14.9 Å². The van der Waals surface area contributed by atoms with Gasteiger partial charge < -0.3 is 9.14 Å². The van der Waals surface area contributed by atoms with Crippen molar-refractivity contribution in [1.29, 1.82) is 0 Å². The summed E-state index contributed by atoms with van der Waals surface area (Å²) in [6, 6.07) is 18.9. The van der Waals surface area contributed by atoms with Crippen LogP contribution in [0.5, 0.6) is 5.75 Å². The lowest BCUT2D eigenvalue weighted by atomic mass is 10.00. The average molecular weight is 407 g/mol. The van der Waals surface area contributed by atoms with E-state index in [4.69, 9.17) is 16.3 Å². The van der Waals surface area contributed by atoms with E-state index in [-0.39, 0.29) is 22.8 Å². The zero-order valence-electron chi connectivity index (χ0n) is 15.3. The van der Waals surface area contributed by atoms with Gasteiger partial charge >= 0.3 is 5.69 Å². The van der Waals surface area contributed by atoms with Gasteiger partial charge in [-0.1, -0.05) is 29.8 Å². The van der Waals surface area contributed by atoms with Crippen molar-refractivity contribution in [2.75, 3.05) is 7.11 Å². The van der Waals surface area contributed by atoms with Gasteiger partial charge in [0, 0.05) is 33.9 Å². The van der Waals surface area contributed by atoms with Gasteiger partial charge in [0.05, 0.1) is 12.0 Å². The maximum absolute atomic E-state index is 13.4. The summed E-state index contributed by atoms with van der Waals surface area (Å²) in [6.07, 6.45) is 1.79. The molecule has 144 valence electrons. The Hall–Kier alpha value is -3.64. The Morgan fingerprint density at radius 3 is 2.52 bits per heavy atom. The summed E-state index contributed by atoms with van der Waals surface area (Å²) in [5, 5.41) is 12.0. The molecule has 2 aromatic carbocycles. The summed E-state index contributed by atoms with van der Waals surface area (Å²) in [6.45, 7) is 0. The third-order valence-corrected chi connectivity index (χ3v) is 4.94. The minimum Gasteiger partial charge on any atom is -0.490 e. The van der Waals surface area contributed by atoms with Crippen LogP contribution in [-0.2, 0) is 0 Å². The van der Waals surface area contributed by atoms with Crippen LogP contribution in [0.4, 0.5) is 5.69 Å². The minimum absolute atomic E-state index is 0.101. The zero-order chi connectivity index (χ0) is 20.5. The van der Waals surface area contributed by atoms with Gasteiger partial charge in [0.1, 0.15) is 5.69 Å². The number of ketones is 1. The third kappa shape index (κ3) is 3.34. The number of hydrogen-bond acceptors (Lipinski definition) is 4. The van der Waals surface area contributed by atoms with Crippen molar-refractivity contribution in [3.8, 4) is 16.9 Å². The first kappa shape index (κ1) is 18.7. The summed E-state index contributed by atoms with van der Waals surface area (Å²) in [4.78, 5) is 24.3. The monoisotopic (exact) mass is 406 g/mol. The van der Waals surface area contributed by atoms with Crippen LogP contribution in [0.1, 0.15) is 16.1 Å². The molecule has 2 aromatic heterocycles. The molecule has 0 unspecified atom stereocenters. The van der Waals surface area contributed by atoms with Gasteiger partial charge in [0.2, 0.25) is 5.78 Å². The average Bonchev–Trinajstić information content (AvgIpc) is 3.12. The molecule has 0 N–H and O–H groups in total. The molecule has 4 aromatic rings. The van der Waals surface area contributed by atoms with E-state index in [1.54, 1.807) is 22.7 Å². The second-order valence-electron chi connectivity index (χ2n) is 6.38. The largest absolute Gasteiger partial charge is 0.490 e. The van der Waals surface area contributed by atoms with Crippen molar-refractivity contribution in [2.24, 2.45) is 0 Å². The Balaban J connectivity index is 1.92. The van der Waals surface area contributed by atoms with Gasteiger partial charge in [-0.05, 0) is 48.0 Å². The number of ether oxygens (including phenoxy) is 1.